The van der Waals surface area contributed by atoms with Gasteiger partial charge in [-0.25, -0.2) is 0 Å². The topological polar surface area (TPSA) is 17.8 Å². The molecule has 14 heavy (non-hydrogen) atoms. The van der Waals surface area contributed by atoms with E-state index in [0.29, 0.717) is 5.92 Å². The summed E-state index contributed by atoms with van der Waals surface area (Å²) >= 11 is 3.48. The van der Waals surface area contributed by atoms with Crippen molar-refractivity contribution >= 4 is 26.8 Å². The molecule has 0 saturated carbocycles. The summed E-state index contributed by atoms with van der Waals surface area (Å²) in [6, 6.07) is 8.31. The molecule has 3 heteroatoms. The maximum absolute atomic E-state index is 4.38. The van der Waals surface area contributed by atoms with E-state index in [-0.39, 0.29) is 0 Å². The van der Waals surface area contributed by atoms with Gasteiger partial charge in [0.15, 0.2) is 0 Å². The van der Waals surface area contributed by atoms with Crippen LogP contribution in [-0.4, -0.2) is 15.1 Å². The first-order chi connectivity index (χ1) is 6.81. The second kappa shape index (κ2) is 4.13. The average molecular weight is 253 g/mol. The van der Waals surface area contributed by atoms with Gasteiger partial charge >= 0.3 is 0 Å². The lowest BCUT2D eigenvalue weighted by molar-refractivity contribution is 0.504. The molecule has 0 spiro atoms. The predicted octanol–water partition coefficient (Wildman–Crippen LogP) is 3.07. The van der Waals surface area contributed by atoms with Crippen molar-refractivity contribution in [1.82, 2.24) is 9.78 Å². The van der Waals surface area contributed by atoms with E-state index >= 15 is 0 Å². The quantitative estimate of drug-likeness (QED) is 0.768. The van der Waals surface area contributed by atoms with Crippen molar-refractivity contribution in [3.05, 3.63) is 30.5 Å². The van der Waals surface area contributed by atoms with E-state index in [1.165, 1.54) is 10.9 Å². The first kappa shape index (κ1) is 9.71. The highest BCUT2D eigenvalue weighted by Crippen LogP contribution is 2.14. The zero-order valence-corrected chi connectivity index (χ0v) is 9.74. The smallest absolute Gasteiger partial charge is 0.0682 e. The third-order valence-corrected chi connectivity index (χ3v) is 3.40. The van der Waals surface area contributed by atoms with Crippen LogP contribution in [0.1, 0.15) is 6.92 Å². The van der Waals surface area contributed by atoms with Crippen molar-refractivity contribution in [3.63, 3.8) is 0 Å². The molecule has 2 rings (SSSR count). The number of para-hydroxylation sites is 1. The van der Waals surface area contributed by atoms with E-state index in [1.807, 2.05) is 12.3 Å². The van der Waals surface area contributed by atoms with Gasteiger partial charge in [0.05, 0.1) is 11.7 Å². The van der Waals surface area contributed by atoms with Crippen molar-refractivity contribution < 1.29 is 0 Å². The van der Waals surface area contributed by atoms with E-state index in [1.54, 1.807) is 0 Å². The van der Waals surface area contributed by atoms with Crippen molar-refractivity contribution in [2.75, 3.05) is 5.33 Å². The van der Waals surface area contributed by atoms with Gasteiger partial charge in [0.2, 0.25) is 0 Å². The largest absolute Gasteiger partial charge is 0.265 e. The molecule has 0 bridgehead atoms. The molecular formula is C11H13BrN2. The Kier molecular flexibility index (Phi) is 2.87. The number of hydrogen-bond donors (Lipinski definition) is 0. The van der Waals surface area contributed by atoms with Crippen LogP contribution in [0.3, 0.4) is 0 Å². The van der Waals surface area contributed by atoms with Crippen molar-refractivity contribution in [1.29, 1.82) is 0 Å². The zero-order chi connectivity index (χ0) is 9.97. The Balaban J connectivity index is 2.33. The molecule has 0 N–H and O–H groups in total. The van der Waals surface area contributed by atoms with Crippen LogP contribution in [0.4, 0.5) is 0 Å². The van der Waals surface area contributed by atoms with E-state index in [9.17, 15) is 0 Å². The minimum Gasteiger partial charge on any atom is -0.265 e. The van der Waals surface area contributed by atoms with E-state index in [4.69, 9.17) is 0 Å². The van der Waals surface area contributed by atoms with Crippen molar-refractivity contribution in [2.24, 2.45) is 5.92 Å². The van der Waals surface area contributed by atoms with Gasteiger partial charge in [-0.15, -0.1) is 0 Å². The normalized spacial score (nSPS) is 13.3. The lowest BCUT2D eigenvalue weighted by Crippen LogP contribution is -2.09. The molecule has 2 nitrogen and oxygen atoms in total. The average Bonchev–Trinajstić information content (AvgIpc) is 2.62. The van der Waals surface area contributed by atoms with E-state index < -0.39 is 0 Å². The molecule has 0 aliphatic rings. The van der Waals surface area contributed by atoms with E-state index in [0.717, 1.165) is 11.9 Å². The first-order valence-electron chi connectivity index (χ1n) is 4.78. The number of aromatic nitrogens is 2. The minimum atomic E-state index is 0.610. The van der Waals surface area contributed by atoms with Crippen LogP contribution in [0.5, 0.6) is 0 Å². The third-order valence-electron chi connectivity index (χ3n) is 2.30. The molecule has 2 aromatic rings. The number of alkyl halides is 1. The summed E-state index contributed by atoms with van der Waals surface area (Å²) in [4.78, 5) is 0. The highest BCUT2D eigenvalue weighted by Gasteiger charge is 2.05. The fraction of sp³-hybridized carbons (Fsp3) is 0.364. The highest BCUT2D eigenvalue weighted by molar-refractivity contribution is 9.09. The van der Waals surface area contributed by atoms with Crippen LogP contribution in [0.25, 0.3) is 10.9 Å². The third kappa shape index (κ3) is 1.82. The molecule has 0 fully saturated rings. The maximum atomic E-state index is 4.38. The molecule has 1 heterocycles. The lowest BCUT2D eigenvalue weighted by atomic mass is 10.2. The van der Waals surface area contributed by atoms with Gasteiger partial charge in [0.1, 0.15) is 0 Å². The standard InChI is InChI=1S/C11H13BrN2/c1-9(6-12)8-14-11-5-3-2-4-10(11)7-13-14/h2-5,7,9H,6,8H2,1H3. The Morgan fingerprint density at radius 3 is 3.00 bits per heavy atom. The molecule has 1 atom stereocenters. The number of rotatable bonds is 3. The van der Waals surface area contributed by atoms with Crippen LogP contribution in [0.2, 0.25) is 0 Å². The zero-order valence-electron chi connectivity index (χ0n) is 8.15. The Bertz CT molecular complexity index is 422. The number of benzene rings is 1. The van der Waals surface area contributed by atoms with Crippen LogP contribution < -0.4 is 0 Å². The second-order valence-corrected chi connectivity index (χ2v) is 4.29. The van der Waals surface area contributed by atoms with Gasteiger partial charge in [-0.3, -0.25) is 4.68 Å². The second-order valence-electron chi connectivity index (χ2n) is 3.64. The molecule has 1 aromatic heterocycles. The first-order valence-corrected chi connectivity index (χ1v) is 5.90. The fourth-order valence-electron chi connectivity index (χ4n) is 1.52. The van der Waals surface area contributed by atoms with Gasteiger partial charge in [-0.05, 0) is 12.0 Å². The molecule has 0 aliphatic heterocycles. The highest BCUT2D eigenvalue weighted by atomic mass is 79.9. The summed E-state index contributed by atoms with van der Waals surface area (Å²) in [7, 11) is 0. The lowest BCUT2D eigenvalue weighted by Gasteiger charge is -2.08. The Morgan fingerprint density at radius 1 is 1.43 bits per heavy atom. The minimum absolute atomic E-state index is 0.610. The van der Waals surface area contributed by atoms with Gasteiger partial charge < -0.3 is 0 Å². The maximum Gasteiger partial charge on any atom is 0.0682 e. The Hall–Kier alpha value is -0.830. The molecule has 0 aliphatic carbocycles. The molecular weight excluding hydrogens is 240 g/mol. The number of hydrogen-bond acceptors (Lipinski definition) is 1. The number of nitrogens with zero attached hydrogens (tertiary/aromatic N) is 2. The number of fused-ring (bicyclic) bond motifs is 1. The summed E-state index contributed by atoms with van der Waals surface area (Å²) in [6.07, 6.45) is 1.93. The van der Waals surface area contributed by atoms with Gasteiger partial charge in [0.25, 0.3) is 0 Å². The fourth-order valence-corrected chi connectivity index (χ4v) is 1.72. The summed E-state index contributed by atoms with van der Waals surface area (Å²) < 4.78 is 2.07. The Morgan fingerprint density at radius 2 is 2.21 bits per heavy atom. The van der Waals surface area contributed by atoms with Crippen molar-refractivity contribution in [2.45, 2.75) is 13.5 Å². The molecule has 0 amide bonds. The van der Waals surface area contributed by atoms with Crippen LogP contribution in [0.15, 0.2) is 30.5 Å². The van der Waals surface area contributed by atoms with Crippen molar-refractivity contribution in [3.8, 4) is 0 Å². The summed E-state index contributed by atoms with van der Waals surface area (Å²) in [5.41, 5.74) is 1.22. The van der Waals surface area contributed by atoms with Crippen LogP contribution in [0, 0.1) is 5.92 Å². The number of halogens is 1. The molecule has 1 unspecified atom stereocenters. The van der Waals surface area contributed by atoms with Crippen LogP contribution >= 0.6 is 15.9 Å². The van der Waals surface area contributed by atoms with Crippen LogP contribution in [-0.2, 0) is 6.54 Å². The molecule has 0 radical (unpaired) electrons. The van der Waals surface area contributed by atoms with Gasteiger partial charge in [-0.2, -0.15) is 5.10 Å². The summed E-state index contributed by atoms with van der Waals surface area (Å²) in [5.74, 6) is 0.610. The molecule has 74 valence electrons. The monoisotopic (exact) mass is 252 g/mol. The summed E-state index contributed by atoms with van der Waals surface area (Å²) in [5, 5.41) is 6.61. The molecule has 0 saturated heterocycles. The van der Waals surface area contributed by atoms with Gasteiger partial charge in [0, 0.05) is 17.3 Å². The molecule has 1 aromatic carbocycles. The summed E-state index contributed by atoms with van der Waals surface area (Å²) in [6.45, 7) is 3.18. The Labute approximate surface area is 92.0 Å². The van der Waals surface area contributed by atoms with Gasteiger partial charge in [-0.1, -0.05) is 41.1 Å². The SMILES string of the molecule is CC(CBr)Cn1ncc2ccccc21. The van der Waals surface area contributed by atoms with E-state index in [2.05, 4.69) is 50.8 Å². The predicted molar refractivity (Wildman–Crippen MR) is 62.7 cm³/mol.